The van der Waals surface area contributed by atoms with Crippen LogP contribution in [-0.4, -0.2) is 25.9 Å². The molecule has 0 bridgehead atoms. The summed E-state index contributed by atoms with van der Waals surface area (Å²) in [5, 5.41) is 0. The molecule has 0 amide bonds. The van der Waals surface area contributed by atoms with Gasteiger partial charge in [-0.25, -0.2) is 0 Å². The maximum absolute atomic E-state index is 5.65. The number of unbranched alkanes of at least 4 members (excludes halogenated alkanes) is 9. The minimum absolute atomic E-state index is 0.447. The Bertz CT molecular complexity index is 219. The Morgan fingerprint density at radius 3 is 2.09 bits per heavy atom. The minimum atomic E-state index is 0.447. The van der Waals surface area contributed by atoms with Crippen LogP contribution in [0.5, 0.6) is 0 Å². The first-order chi connectivity index (χ1) is 10.9. The van der Waals surface area contributed by atoms with Crippen molar-refractivity contribution in [2.24, 2.45) is 0 Å². The number of hydrogen-bond acceptors (Lipinski definition) is 2. The number of rotatable bonds is 18. The third-order valence-electron chi connectivity index (χ3n) is 3.66. The summed E-state index contributed by atoms with van der Waals surface area (Å²) < 4.78 is 10.9. The molecule has 0 rings (SSSR count). The lowest BCUT2D eigenvalue weighted by atomic mass is 10.1. The van der Waals surface area contributed by atoms with Crippen LogP contribution < -0.4 is 0 Å². The van der Waals surface area contributed by atoms with Gasteiger partial charge in [-0.3, -0.25) is 0 Å². The zero-order chi connectivity index (χ0) is 16.1. The van der Waals surface area contributed by atoms with Crippen LogP contribution in [0.1, 0.15) is 84.0 Å². The Morgan fingerprint density at radius 1 is 0.682 bits per heavy atom. The SMILES string of the molecule is CCCCCCOCOCCC=CCCCCCCCCCl. The van der Waals surface area contributed by atoms with Gasteiger partial charge in [0.1, 0.15) is 6.79 Å². The number of hydrogen-bond donors (Lipinski definition) is 0. The van der Waals surface area contributed by atoms with Gasteiger partial charge >= 0.3 is 0 Å². The molecular weight excluding hydrogens is 296 g/mol. The van der Waals surface area contributed by atoms with E-state index in [0.717, 1.165) is 31.9 Å². The Labute approximate surface area is 143 Å². The Kier molecular flexibility index (Phi) is 20.9. The van der Waals surface area contributed by atoms with Gasteiger partial charge in [0, 0.05) is 12.5 Å². The first kappa shape index (κ1) is 21.9. The van der Waals surface area contributed by atoms with E-state index >= 15 is 0 Å². The minimum Gasteiger partial charge on any atom is -0.355 e. The zero-order valence-corrected chi connectivity index (χ0v) is 15.4. The summed E-state index contributed by atoms with van der Waals surface area (Å²) in [4.78, 5) is 0. The summed E-state index contributed by atoms with van der Waals surface area (Å²) in [5.74, 6) is 0.814. The fourth-order valence-electron chi connectivity index (χ4n) is 2.26. The molecule has 22 heavy (non-hydrogen) atoms. The molecule has 0 aliphatic carbocycles. The predicted molar refractivity (Wildman–Crippen MR) is 97.7 cm³/mol. The van der Waals surface area contributed by atoms with E-state index in [9.17, 15) is 0 Å². The van der Waals surface area contributed by atoms with Gasteiger partial charge < -0.3 is 9.47 Å². The first-order valence-corrected chi connectivity index (χ1v) is 9.81. The lowest BCUT2D eigenvalue weighted by Crippen LogP contribution is -2.02. The molecule has 0 aromatic carbocycles. The standard InChI is InChI=1S/C19H37ClO2/c1-2-3-4-14-17-21-19-22-18-15-12-10-8-6-5-7-9-11-13-16-20/h10,12H,2-9,11,13-19H2,1H3. The van der Waals surface area contributed by atoms with E-state index < -0.39 is 0 Å². The van der Waals surface area contributed by atoms with E-state index in [4.69, 9.17) is 21.1 Å². The van der Waals surface area contributed by atoms with Crippen LogP contribution in [0.2, 0.25) is 0 Å². The predicted octanol–water partition coefficient (Wildman–Crippen LogP) is 6.47. The molecular formula is C19H37ClO2. The van der Waals surface area contributed by atoms with Crippen molar-refractivity contribution < 1.29 is 9.47 Å². The van der Waals surface area contributed by atoms with Crippen molar-refractivity contribution >= 4 is 11.6 Å². The van der Waals surface area contributed by atoms with Crippen LogP contribution >= 0.6 is 11.6 Å². The number of ether oxygens (including phenoxy) is 2. The fraction of sp³-hybridized carbons (Fsp3) is 0.895. The van der Waals surface area contributed by atoms with Crippen molar-refractivity contribution in [3.63, 3.8) is 0 Å². The van der Waals surface area contributed by atoms with Gasteiger partial charge in [0.15, 0.2) is 0 Å². The summed E-state index contributed by atoms with van der Waals surface area (Å²) in [5.41, 5.74) is 0. The quantitative estimate of drug-likeness (QED) is 0.124. The van der Waals surface area contributed by atoms with Gasteiger partial charge in [-0.2, -0.15) is 0 Å². The van der Waals surface area contributed by atoms with E-state index in [0.29, 0.717) is 6.79 Å². The van der Waals surface area contributed by atoms with Crippen LogP contribution in [0.25, 0.3) is 0 Å². The van der Waals surface area contributed by atoms with Crippen LogP contribution in [0.15, 0.2) is 12.2 Å². The highest BCUT2D eigenvalue weighted by Gasteiger charge is 1.91. The molecule has 0 radical (unpaired) electrons. The maximum atomic E-state index is 5.65. The largest absolute Gasteiger partial charge is 0.355 e. The van der Waals surface area contributed by atoms with E-state index in [1.165, 1.54) is 64.2 Å². The average molecular weight is 333 g/mol. The molecule has 0 fully saturated rings. The number of halogens is 1. The second-order valence-electron chi connectivity index (χ2n) is 5.85. The normalized spacial score (nSPS) is 11.5. The second kappa shape index (κ2) is 20.9. The molecule has 0 aliphatic heterocycles. The van der Waals surface area contributed by atoms with Gasteiger partial charge in [0.2, 0.25) is 0 Å². The van der Waals surface area contributed by atoms with Crippen molar-refractivity contribution in [3.8, 4) is 0 Å². The summed E-state index contributed by atoms with van der Waals surface area (Å²) in [6.07, 6.45) is 19.5. The molecule has 0 aromatic rings. The van der Waals surface area contributed by atoms with Gasteiger partial charge in [-0.1, -0.05) is 64.0 Å². The van der Waals surface area contributed by atoms with E-state index in [-0.39, 0.29) is 0 Å². The van der Waals surface area contributed by atoms with E-state index in [2.05, 4.69) is 19.1 Å². The third-order valence-corrected chi connectivity index (χ3v) is 3.93. The molecule has 132 valence electrons. The first-order valence-electron chi connectivity index (χ1n) is 9.28. The highest BCUT2D eigenvalue weighted by molar-refractivity contribution is 6.17. The van der Waals surface area contributed by atoms with Crippen molar-refractivity contribution in [2.75, 3.05) is 25.9 Å². The van der Waals surface area contributed by atoms with Gasteiger partial charge in [0.25, 0.3) is 0 Å². The number of allylic oxidation sites excluding steroid dienone is 1. The zero-order valence-electron chi connectivity index (χ0n) is 14.7. The van der Waals surface area contributed by atoms with Gasteiger partial charge in [-0.15, -0.1) is 11.6 Å². The molecule has 0 N–H and O–H groups in total. The van der Waals surface area contributed by atoms with Crippen molar-refractivity contribution in [1.29, 1.82) is 0 Å². The van der Waals surface area contributed by atoms with Crippen molar-refractivity contribution in [3.05, 3.63) is 12.2 Å². The Balaban J connectivity index is 3.02. The summed E-state index contributed by atoms with van der Waals surface area (Å²) >= 11 is 5.65. The van der Waals surface area contributed by atoms with Crippen LogP contribution in [0, 0.1) is 0 Å². The fourth-order valence-corrected chi connectivity index (χ4v) is 2.45. The van der Waals surface area contributed by atoms with Crippen LogP contribution in [0.4, 0.5) is 0 Å². The highest BCUT2D eigenvalue weighted by Crippen LogP contribution is 2.08. The molecule has 0 aromatic heterocycles. The average Bonchev–Trinajstić information content (AvgIpc) is 2.54. The lowest BCUT2D eigenvalue weighted by Gasteiger charge is -2.04. The lowest BCUT2D eigenvalue weighted by molar-refractivity contribution is -0.0531. The summed E-state index contributed by atoms with van der Waals surface area (Å²) in [6, 6.07) is 0. The van der Waals surface area contributed by atoms with Crippen LogP contribution in [0.3, 0.4) is 0 Å². The third kappa shape index (κ3) is 19.9. The molecule has 0 saturated carbocycles. The Morgan fingerprint density at radius 2 is 1.32 bits per heavy atom. The molecule has 0 atom stereocenters. The molecule has 3 heteroatoms. The van der Waals surface area contributed by atoms with Crippen molar-refractivity contribution in [2.45, 2.75) is 84.0 Å². The molecule has 0 aliphatic rings. The Hall–Kier alpha value is -0.0500. The van der Waals surface area contributed by atoms with Gasteiger partial charge in [-0.05, 0) is 32.1 Å². The molecule has 0 spiro atoms. The molecule has 0 heterocycles. The van der Waals surface area contributed by atoms with Crippen LogP contribution in [-0.2, 0) is 9.47 Å². The summed E-state index contributed by atoms with van der Waals surface area (Å²) in [7, 11) is 0. The topological polar surface area (TPSA) is 18.5 Å². The molecule has 0 saturated heterocycles. The summed E-state index contributed by atoms with van der Waals surface area (Å²) in [6.45, 7) is 4.27. The second-order valence-corrected chi connectivity index (χ2v) is 6.23. The van der Waals surface area contributed by atoms with Crippen molar-refractivity contribution in [1.82, 2.24) is 0 Å². The van der Waals surface area contributed by atoms with E-state index in [1.54, 1.807) is 0 Å². The molecule has 2 nitrogen and oxygen atoms in total. The monoisotopic (exact) mass is 332 g/mol. The highest BCUT2D eigenvalue weighted by atomic mass is 35.5. The maximum Gasteiger partial charge on any atom is 0.146 e. The van der Waals surface area contributed by atoms with Gasteiger partial charge in [0.05, 0.1) is 6.61 Å². The smallest absolute Gasteiger partial charge is 0.146 e. The molecule has 0 unspecified atom stereocenters. The van der Waals surface area contributed by atoms with E-state index in [1.807, 2.05) is 0 Å². The number of alkyl halides is 1.